The number of carbonyl (C=O) groups excluding carboxylic acids is 1. The van der Waals surface area contributed by atoms with Crippen molar-refractivity contribution in [3.05, 3.63) is 77.0 Å². The number of ketones is 1. The van der Waals surface area contributed by atoms with Crippen LogP contribution in [0.3, 0.4) is 0 Å². The van der Waals surface area contributed by atoms with Crippen LogP contribution in [0.25, 0.3) is 11.3 Å². The lowest BCUT2D eigenvalue weighted by atomic mass is 9.88. The van der Waals surface area contributed by atoms with Crippen molar-refractivity contribution in [3.8, 4) is 17.1 Å². The van der Waals surface area contributed by atoms with Crippen LogP contribution < -0.4 is 0 Å². The third kappa shape index (κ3) is 3.10. The van der Waals surface area contributed by atoms with Crippen molar-refractivity contribution in [2.45, 2.75) is 33.1 Å². The van der Waals surface area contributed by atoms with Crippen LogP contribution in [0.5, 0.6) is 5.75 Å². The first-order valence-corrected chi connectivity index (χ1v) is 8.32. The van der Waals surface area contributed by atoms with Gasteiger partial charge in [-0.3, -0.25) is 4.79 Å². The van der Waals surface area contributed by atoms with Crippen molar-refractivity contribution in [2.24, 2.45) is 0 Å². The fourth-order valence-corrected chi connectivity index (χ4v) is 3.09. The lowest BCUT2D eigenvalue weighted by Crippen LogP contribution is -2.12. The molecule has 3 heteroatoms. The largest absolute Gasteiger partial charge is 0.507 e. The molecule has 0 aliphatic carbocycles. The number of phenols is 1. The molecule has 0 amide bonds. The lowest BCUT2D eigenvalue weighted by Gasteiger charge is -2.16. The van der Waals surface area contributed by atoms with Crippen LogP contribution >= 0.6 is 0 Å². The Balaban J connectivity index is 2.28. The van der Waals surface area contributed by atoms with E-state index in [1.807, 2.05) is 52.0 Å². The van der Waals surface area contributed by atoms with Gasteiger partial charge in [-0.1, -0.05) is 63.2 Å². The number of phenolic OH excluding ortho intramolecular Hbond substituents is 1. The summed E-state index contributed by atoms with van der Waals surface area (Å²) in [6, 6.07) is 16.1. The van der Waals surface area contributed by atoms with E-state index in [-0.39, 0.29) is 16.9 Å². The van der Waals surface area contributed by atoms with Gasteiger partial charge in [0.05, 0.1) is 11.1 Å². The fraction of sp³-hybridized carbons (Fsp3) is 0.227. The molecule has 1 heterocycles. The summed E-state index contributed by atoms with van der Waals surface area (Å²) in [7, 11) is 0. The summed E-state index contributed by atoms with van der Waals surface area (Å²) >= 11 is 0. The Labute approximate surface area is 147 Å². The molecule has 0 saturated carbocycles. The zero-order chi connectivity index (χ0) is 18.2. The maximum atomic E-state index is 13.2. The maximum absolute atomic E-state index is 13.2. The average molecular weight is 334 g/mol. The number of hydrogen-bond acceptors (Lipinski definition) is 3. The highest BCUT2D eigenvalue weighted by Crippen LogP contribution is 2.40. The summed E-state index contributed by atoms with van der Waals surface area (Å²) in [5.74, 6) is 1.17. The number of para-hydroxylation sites is 1. The van der Waals surface area contributed by atoms with Crippen LogP contribution in [0, 0.1) is 6.92 Å². The SMILES string of the molecule is Cc1c(C(C)(C)C)oc(-c2ccccc2O)c1C(=O)c1ccccc1. The van der Waals surface area contributed by atoms with Crippen molar-refractivity contribution >= 4 is 5.78 Å². The van der Waals surface area contributed by atoms with E-state index in [0.29, 0.717) is 22.5 Å². The minimum absolute atomic E-state index is 0.0961. The second-order valence-corrected chi connectivity index (χ2v) is 7.22. The molecule has 3 nitrogen and oxygen atoms in total. The zero-order valence-corrected chi connectivity index (χ0v) is 15.0. The normalized spacial score (nSPS) is 11.5. The number of carbonyl (C=O) groups is 1. The van der Waals surface area contributed by atoms with Crippen LogP contribution in [-0.2, 0) is 5.41 Å². The molecule has 0 saturated heterocycles. The molecule has 0 aliphatic rings. The summed E-state index contributed by atoms with van der Waals surface area (Å²) in [6.07, 6.45) is 0. The number of benzene rings is 2. The minimum Gasteiger partial charge on any atom is -0.507 e. The van der Waals surface area contributed by atoms with Gasteiger partial charge in [0.25, 0.3) is 0 Å². The highest BCUT2D eigenvalue weighted by atomic mass is 16.3. The highest BCUT2D eigenvalue weighted by molar-refractivity contribution is 6.13. The molecule has 3 aromatic rings. The van der Waals surface area contributed by atoms with Crippen LogP contribution in [0.2, 0.25) is 0 Å². The Hall–Kier alpha value is -2.81. The van der Waals surface area contributed by atoms with Crippen LogP contribution in [0.1, 0.15) is 48.0 Å². The zero-order valence-electron chi connectivity index (χ0n) is 15.0. The van der Waals surface area contributed by atoms with Gasteiger partial charge >= 0.3 is 0 Å². The molecule has 0 bridgehead atoms. The molecule has 0 aliphatic heterocycles. The summed E-state index contributed by atoms with van der Waals surface area (Å²) in [5.41, 5.74) is 2.21. The third-order valence-corrected chi connectivity index (χ3v) is 4.24. The van der Waals surface area contributed by atoms with Gasteiger partial charge in [-0.15, -0.1) is 0 Å². The summed E-state index contributed by atoms with van der Waals surface area (Å²) in [4.78, 5) is 13.2. The molecule has 25 heavy (non-hydrogen) atoms. The number of furan rings is 1. The number of aromatic hydroxyl groups is 1. The van der Waals surface area contributed by atoms with Gasteiger partial charge in [0.15, 0.2) is 5.78 Å². The highest BCUT2D eigenvalue weighted by Gasteiger charge is 2.31. The summed E-state index contributed by atoms with van der Waals surface area (Å²) in [5, 5.41) is 10.3. The number of hydrogen-bond donors (Lipinski definition) is 1. The Bertz CT molecular complexity index is 912. The Kier molecular flexibility index (Phi) is 4.25. The molecule has 1 aromatic heterocycles. The van der Waals surface area contributed by atoms with Crippen LogP contribution in [0.15, 0.2) is 59.0 Å². The van der Waals surface area contributed by atoms with Gasteiger partial charge in [0.1, 0.15) is 17.3 Å². The number of rotatable bonds is 3. The Morgan fingerprint density at radius 1 is 0.960 bits per heavy atom. The van der Waals surface area contributed by atoms with Gasteiger partial charge < -0.3 is 9.52 Å². The van der Waals surface area contributed by atoms with Gasteiger partial charge in [-0.2, -0.15) is 0 Å². The molecule has 1 N–H and O–H groups in total. The van der Waals surface area contributed by atoms with Crippen LogP contribution in [0.4, 0.5) is 0 Å². The molecule has 0 spiro atoms. The molecule has 0 fully saturated rings. The standard InChI is InChI=1S/C22H22O3/c1-14-18(19(24)15-10-6-5-7-11-15)20(25-21(14)22(2,3)4)16-12-8-9-13-17(16)23/h5-13,23H,1-4H3. The van der Waals surface area contributed by atoms with Crippen molar-refractivity contribution < 1.29 is 14.3 Å². The average Bonchev–Trinajstić information content (AvgIpc) is 2.93. The van der Waals surface area contributed by atoms with E-state index in [0.717, 1.165) is 11.3 Å². The second-order valence-electron chi connectivity index (χ2n) is 7.22. The van der Waals surface area contributed by atoms with E-state index in [1.165, 1.54) is 0 Å². The van der Waals surface area contributed by atoms with E-state index in [9.17, 15) is 9.90 Å². The van der Waals surface area contributed by atoms with E-state index >= 15 is 0 Å². The van der Waals surface area contributed by atoms with Crippen molar-refractivity contribution in [1.82, 2.24) is 0 Å². The topological polar surface area (TPSA) is 50.4 Å². The van der Waals surface area contributed by atoms with Gasteiger partial charge in [0, 0.05) is 16.5 Å². The second kappa shape index (κ2) is 6.25. The van der Waals surface area contributed by atoms with Crippen molar-refractivity contribution in [2.75, 3.05) is 0 Å². The van der Waals surface area contributed by atoms with E-state index in [4.69, 9.17) is 4.42 Å². The van der Waals surface area contributed by atoms with E-state index in [1.54, 1.807) is 30.3 Å². The quantitative estimate of drug-likeness (QED) is 0.644. The predicted molar refractivity (Wildman–Crippen MR) is 99.1 cm³/mol. The smallest absolute Gasteiger partial charge is 0.197 e. The monoisotopic (exact) mass is 334 g/mol. The predicted octanol–water partition coefficient (Wildman–Crippen LogP) is 5.49. The first-order chi connectivity index (χ1) is 11.8. The first-order valence-electron chi connectivity index (χ1n) is 8.32. The molecule has 0 unspecified atom stereocenters. The maximum Gasteiger partial charge on any atom is 0.197 e. The summed E-state index contributed by atoms with van der Waals surface area (Å²) in [6.45, 7) is 8.04. The molecule has 3 rings (SSSR count). The summed E-state index contributed by atoms with van der Waals surface area (Å²) < 4.78 is 6.14. The molecule has 2 aromatic carbocycles. The Morgan fingerprint density at radius 2 is 1.56 bits per heavy atom. The van der Waals surface area contributed by atoms with Gasteiger partial charge in [-0.05, 0) is 19.1 Å². The van der Waals surface area contributed by atoms with Gasteiger partial charge in [-0.25, -0.2) is 0 Å². The molecule has 0 atom stereocenters. The third-order valence-electron chi connectivity index (χ3n) is 4.24. The molecular formula is C22H22O3. The Morgan fingerprint density at radius 3 is 2.16 bits per heavy atom. The molecule has 0 radical (unpaired) electrons. The van der Waals surface area contributed by atoms with Crippen molar-refractivity contribution in [3.63, 3.8) is 0 Å². The van der Waals surface area contributed by atoms with E-state index < -0.39 is 0 Å². The van der Waals surface area contributed by atoms with Crippen LogP contribution in [-0.4, -0.2) is 10.9 Å². The first kappa shape index (κ1) is 17.0. The fourth-order valence-electron chi connectivity index (χ4n) is 3.09. The molecule has 128 valence electrons. The van der Waals surface area contributed by atoms with Crippen molar-refractivity contribution in [1.29, 1.82) is 0 Å². The lowest BCUT2D eigenvalue weighted by molar-refractivity contribution is 0.103. The van der Waals surface area contributed by atoms with Gasteiger partial charge in [0.2, 0.25) is 0 Å². The molecular weight excluding hydrogens is 312 g/mol. The minimum atomic E-state index is -0.252. The van der Waals surface area contributed by atoms with E-state index in [2.05, 4.69) is 0 Å².